The maximum absolute atomic E-state index is 6.06. The largest absolute Gasteiger partial charge is 0.460 e. The summed E-state index contributed by atoms with van der Waals surface area (Å²) in [6.45, 7) is 4.06. The van der Waals surface area contributed by atoms with Crippen LogP contribution in [0.4, 0.5) is 0 Å². The van der Waals surface area contributed by atoms with Gasteiger partial charge in [-0.25, -0.2) is 9.97 Å². The monoisotopic (exact) mass is 405 g/mol. The molecule has 1 saturated heterocycles. The first-order valence-corrected chi connectivity index (χ1v) is 10.9. The number of aromatic nitrogens is 4. The van der Waals surface area contributed by atoms with Crippen molar-refractivity contribution in [3.8, 4) is 28.6 Å². The molecule has 3 heterocycles. The highest BCUT2D eigenvalue weighted by Crippen LogP contribution is 2.27. The summed E-state index contributed by atoms with van der Waals surface area (Å²) < 4.78 is 11.3. The van der Waals surface area contributed by atoms with Crippen molar-refractivity contribution in [2.45, 2.75) is 57.6 Å². The Morgan fingerprint density at radius 1 is 0.900 bits per heavy atom. The summed E-state index contributed by atoms with van der Waals surface area (Å²) in [5.74, 6) is 1.15. The normalized spacial score (nSPS) is 18.7. The van der Waals surface area contributed by atoms with Crippen molar-refractivity contribution in [1.82, 2.24) is 25.0 Å². The third kappa shape index (κ3) is 4.21. The molecule has 7 nitrogen and oxygen atoms in total. The molecular formula is C23H27N5O2. The Bertz CT molecular complexity index is 956. The minimum absolute atomic E-state index is 0.214. The maximum atomic E-state index is 6.06. The minimum atomic E-state index is 0.214. The van der Waals surface area contributed by atoms with E-state index in [-0.39, 0.29) is 6.10 Å². The Morgan fingerprint density at radius 2 is 1.57 bits per heavy atom. The third-order valence-corrected chi connectivity index (χ3v) is 6.21. The first-order valence-electron chi connectivity index (χ1n) is 10.9. The molecule has 156 valence electrons. The number of benzene rings is 1. The van der Waals surface area contributed by atoms with Gasteiger partial charge < -0.3 is 14.2 Å². The van der Waals surface area contributed by atoms with Gasteiger partial charge in [0.15, 0.2) is 5.82 Å². The van der Waals surface area contributed by atoms with Gasteiger partial charge in [0.1, 0.15) is 6.10 Å². The van der Waals surface area contributed by atoms with Crippen LogP contribution in [-0.2, 0) is 0 Å². The molecule has 2 aliphatic rings. The summed E-state index contributed by atoms with van der Waals surface area (Å²) in [4.78, 5) is 15.8. The van der Waals surface area contributed by atoms with Crippen molar-refractivity contribution >= 4 is 0 Å². The molecule has 0 radical (unpaired) electrons. The van der Waals surface area contributed by atoms with Crippen molar-refractivity contribution in [1.29, 1.82) is 0 Å². The molecule has 0 spiro atoms. The number of ether oxygens (including phenoxy) is 1. The van der Waals surface area contributed by atoms with Gasteiger partial charge >= 0.3 is 6.01 Å². The molecule has 0 atom stereocenters. The van der Waals surface area contributed by atoms with Gasteiger partial charge in [-0.15, -0.1) is 0 Å². The van der Waals surface area contributed by atoms with Crippen LogP contribution in [0, 0.1) is 6.92 Å². The highest BCUT2D eigenvalue weighted by Gasteiger charge is 2.28. The van der Waals surface area contributed by atoms with Crippen LogP contribution in [0.2, 0.25) is 0 Å². The van der Waals surface area contributed by atoms with Crippen LogP contribution >= 0.6 is 0 Å². The van der Waals surface area contributed by atoms with E-state index in [1.807, 2.05) is 36.7 Å². The van der Waals surface area contributed by atoms with Crippen molar-refractivity contribution < 1.29 is 9.26 Å². The van der Waals surface area contributed by atoms with Gasteiger partial charge in [-0.3, -0.25) is 0 Å². The van der Waals surface area contributed by atoms with Crippen LogP contribution in [0.3, 0.4) is 0 Å². The molecule has 0 N–H and O–H groups in total. The number of aryl methyl sites for hydroxylation is 1. The SMILES string of the molecule is Cc1noc(-c2ccc(-c3cnc(OC4CCN(C5CCCC5)CC4)nc3)cc2)n1. The Hall–Kier alpha value is -2.80. The zero-order valence-corrected chi connectivity index (χ0v) is 17.3. The molecule has 1 saturated carbocycles. The molecule has 1 aromatic carbocycles. The molecule has 1 aliphatic heterocycles. The predicted octanol–water partition coefficient (Wildman–Crippen LogP) is 4.29. The summed E-state index contributed by atoms with van der Waals surface area (Å²) in [7, 11) is 0. The molecular weight excluding hydrogens is 378 g/mol. The van der Waals surface area contributed by atoms with Crippen LogP contribution in [0.15, 0.2) is 41.2 Å². The van der Waals surface area contributed by atoms with E-state index >= 15 is 0 Å². The number of hydrogen-bond acceptors (Lipinski definition) is 7. The number of piperidine rings is 1. The van der Waals surface area contributed by atoms with Crippen LogP contribution in [0.25, 0.3) is 22.6 Å². The van der Waals surface area contributed by atoms with E-state index in [2.05, 4.69) is 25.0 Å². The predicted molar refractivity (Wildman–Crippen MR) is 113 cm³/mol. The van der Waals surface area contributed by atoms with Gasteiger partial charge in [-0.1, -0.05) is 30.1 Å². The first kappa shape index (κ1) is 19.2. The van der Waals surface area contributed by atoms with Crippen molar-refractivity contribution in [2.24, 2.45) is 0 Å². The molecule has 5 rings (SSSR count). The lowest BCUT2D eigenvalue weighted by Gasteiger charge is -2.35. The lowest BCUT2D eigenvalue weighted by Crippen LogP contribution is -2.43. The molecule has 30 heavy (non-hydrogen) atoms. The highest BCUT2D eigenvalue weighted by molar-refractivity contribution is 5.66. The van der Waals surface area contributed by atoms with Crippen molar-refractivity contribution in [3.63, 3.8) is 0 Å². The number of hydrogen-bond donors (Lipinski definition) is 0. The summed E-state index contributed by atoms with van der Waals surface area (Å²) in [5.41, 5.74) is 2.88. The molecule has 3 aromatic rings. The van der Waals surface area contributed by atoms with E-state index in [1.54, 1.807) is 6.92 Å². The van der Waals surface area contributed by atoms with Crippen molar-refractivity contribution in [3.05, 3.63) is 42.5 Å². The number of nitrogens with zero attached hydrogens (tertiary/aromatic N) is 5. The summed E-state index contributed by atoms with van der Waals surface area (Å²) in [5, 5.41) is 3.83. The average Bonchev–Trinajstić information content (AvgIpc) is 3.47. The second-order valence-corrected chi connectivity index (χ2v) is 8.27. The van der Waals surface area contributed by atoms with Crippen LogP contribution < -0.4 is 4.74 Å². The van der Waals surface area contributed by atoms with E-state index in [4.69, 9.17) is 9.26 Å². The minimum Gasteiger partial charge on any atom is -0.460 e. The van der Waals surface area contributed by atoms with E-state index in [1.165, 1.54) is 25.7 Å². The summed E-state index contributed by atoms with van der Waals surface area (Å²) >= 11 is 0. The smallest absolute Gasteiger partial charge is 0.316 e. The van der Waals surface area contributed by atoms with E-state index in [0.717, 1.165) is 48.7 Å². The zero-order chi connectivity index (χ0) is 20.3. The van der Waals surface area contributed by atoms with E-state index in [0.29, 0.717) is 17.7 Å². The molecule has 2 aromatic heterocycles. The summed E-state index contributed by atoms with van der Waals surface area (Å²) in [6.07, 6.45) is 11.5. The average molecular weight is 406 g/mol. The topological polar surface area (TPSA) is 77.2 Å². The lowest BCUT2D eigenvalue weighted by atomic mass is 10.0. The van der Waals surface area contributed by atoms with Crippen LogP contribution in [0.1, 0.15) is 44.3 Å². The second-order valence-electron chi connectivity index (χ2n) is 8.27. The van der Waals surface area contributed by atoms with Crippen molar-refractivity contribution in [2.75, 3.05) is 13.1 Å². The van der Waals surface area contributed by atoms with Crippen LogP contribution in [-0.4, -0.2) is 50.2 Å². The Kier molecular flexibility index (Phi) is 5.45. The Balaban J connectivity index is 1.18. The molecule has 0 unspecified atom stereocenters. The fourth-order valence-corrected chi connectivity index (χ4v) is 4.52. The molecule has 7 heteroatoms. The Labute approximate surface area is 176 Å². The number of rotatable bonds is 5. The van der Waals surface area contributed by atoms with Crippen LogP contribution in [0.5, 0.6) is 6.01 Å². The fraction of sp³-hybridized carbons (Fsp3) is 0.478. The quantitative estimate of drug-likeness (QED) is 0.627. The molecule has 2 fully saturated rings. The maximum Gasteiger partial charge on any atom is 0.316 e. The number of likely N-dealkylation sites (tertiary alicyclic amines) is 1. The fourth-order valence-electron chi connectivity index (χ4n) is 4.52. The standard InChI is InChI=1S/C23H27N5O2/c1-16-26-22(30-27-16)18-8-6-17(7-9-18)19-14-24-23(25-15-19)29-21-10-12-28(13-11-21)20-4-2-3-5-20/h6-9,14-15,20-21H,2-5,10-13H2,1H3. The van der Waals surface area contributed by atoms with E-state index < -0.39 is 0 Å². The molecule has 0 amide bonds. The lowest BCUT2D eigenvalue weighted by molar-refractivity contribution is 0.0710. The van der Waals surface area contributed by atoms with Gasteiger partial charge in [0.2, 0.25) is 0 Å². The summed E-state index contributed by atoms with van der Waals surface area (Å²) in [6, 6.07) is 9.21. The highest BCUT2D eigenvalue weighted by atomic mass is 16.5. The van der Waals surface area contributed by atoms with E-state index in [9.17, 15) is 0 Å². The van der Waals surface area contributed by atoms with Gasteiger partial charge in [0, 0.05) is 42.7 Å². The van der Waals surface area contributed by atoms with Gasteiger partial charge in [-0.05, 0) is 50.3 Å². The zero-order valence-electron chi connectivity index (χ0n) is 17.3. The second kappa shape index (κ2) is 8.52. The Morgan fingerprint density at radius 3 is 2.20 bits per heavy atom. The van der Waals surface area contributed by atoms with Gasteiger partial charge in [-0.2, -0.15) is 4.98 Å². The third-order valence-electron chi connectivity index (χ3n) is 6.21. The van der Waals surface area contributed by atoms with Gasteiger partial charge in [0.05, 0.1) is 0 Å². The first-order chi connectivity index (χ1) is 14.7. The van der Waals surface area contributed by atoms with Gasteiger partial charge in [0.25, 0.3) is 5.89 Å². The molecule has 1 aliphatic carbocycles. The molecule has 0 bridgehead atoms.